The zero-order chi connectivity index (χ0) is 15.9. The minimum atomic E-state index is -6.00. The Morgan fingerprint density at radius 1 is 0.857 bits per heavy atom. The molecular formula is C15H18BF4N. The van der Waals surface area contributed by atoms with Crippen LogP contribution < -0.4 is 5.32 Å². The Bertz CT molecular complexity index is 549. The third kappa shape index (κ3) is 7.51. The quantitative estimate of drug-likeness (QED) is 0.501. The van der Waals surface area contributed by atoms with Gasteiger partial charge in [-0.05, 0) is 25.5 Å². The highest BCUT2D eigenvalue weighted by Crippen LogP contribution is 2.13. The van der Waals surface area contributed by atoms with Crippen molar-refractivity contribution in [3.05, 3.63) is 65.2 Å². The first-order valence-electron chi connectivity index (χ1n) is 6.58. The topological polar surface area (TPSA) is 16.6 Å². The standard InChI is InChI=1S/C15H17N.BF4/c1-12-7-6-10-15(13(12)2)16-11-14-8-4-3-5-9-14;2-1(3,4)5/h3-10,16H,11H2,1-2H3;/q;-1/p+1. The van der Waals surface area contributed by atoms with Gasteiger partial charge in [0, 0.05) is 11.1 Å². The summed E-state index contributed by atoms with van der Waals surface area (Å²) in [4.78, 5) is 0. The smallest absolute Gasteiger partial charge is 0.418 e. The monoisotopic (exact) mass is 299 g/mol. The summed E-state index contributed by atoms with van der Waals surface area (Å²) in [5.74, 6) is 0. The maximum absolute atomic E-state index is 9.75. The molecular weight excluding hydrogens is 281 g/mol. The van der Waals surface area contributed by atoms with Gasteiger partial charge in [-0.1, -0.05) is 42.5 Å². The lowest BCUT2D eigenvalue weighted by molar-refractivity contribution is -0.589. The zero-order valence-electron chi connectivity index (χ0n) is 12.0. The molecule has 0 radical (unpaired) electrons. The number of quaternary nitrogens is 1. The predicted octanol–water partition coefficient (Wildman–Crippen LogP) is 4.00. The van der Waals surface area contributed by atoms with Gasteiger partial charge >= 0.3 is 7.25 Å². The zero-order valence-corrected chi connectivity index (χ0v) is 12.0. The molecule has 2 aromatic carbocycles. The van der Waals surface area contributed by atoms with Gasteiger partial charge < -0.3 is 22.6 Å². The molecule has 2 aromatic rings. The summed E-state index contributed by atoms with van der Waals surface area (Å²) in [6, 6.07) is 17.0. The maximum Gasteiger partial charge on any atom is 0.673 e. The number of rotatable bonds is 3. The molecule has 0 heterocycles. The molecule has 0 amide bonds. The van der Waals surface area contributed by atoms with E-state index in [1.54, 1.807) is 0 Å². The minimum absolute atomic E-state index is 1.01. The van der Waals surface area contributed by atoms with Crippen molar-refractivity contribution < 1.29 is 22.6 Å². The van der Waals surface area contributed by atoms with Crippen LogP contribution in [0.1, 0.15) is 16.7 Å². The van der Waals surface area contributed by atoms with Gasteiger partial charge in [0.25, 0.3) is 0 Å². The normalized spacial score (nSPS) is 10.8. The molecule has 2 rings (SSSR count). The van der Waals surface area contributed by atoms with E-state index < -0.39 is 7.25 Å². The van der Waals surface area contributed by atoms with Crippen LogP contribution in [-0.4, -0.2) is 7.25 Å². The van der Waals surface area contributed by atoms with Gasteiger partial charge in [0.2, 0.25) is 0 Å². The Kier molecular flexibility index (Phi) is 6.43. The van der Waals surface area contributed by atoms with Crippen molar-refractivity contribution in [2.75, 3.05) is 0 Å². The van der Waals surface area contributed by atoms with Crippen molar-refractivity contribution in [2.24, 2.45) is 0 Å². The molecule has 0 saturated carbocycles. The second-order valence-corrected chi connectivity index (χ2v) is 4.68. The number of hydrogen-bond donors (Lipinski definition) is 1. The minimum Gasteiger partial charge on any atom is -0.418 e. The van der Waals surface area contributed by atoms with Crippen LogP contribution in [0.15, 0.2) is 48.5 Å². The molecule has 6 heteroatoms. The summed E-state index contributed by atoms with van der Waals surface area (Å²) in [7, 11) is -6.00. The van der Waals surface area contributed by atoms with E-state index in [0.717, 1.165) is 6.54 Å². The molecule has 0 saturated heterocycles. The SMILES string of the molecule is Cc1cccc([NH2+]Cc2ccccc2)c1C.F[B-](F)(F)F. The molecule has 0 unspecified atom stereocenters. The van der Waals surface area contributed by atoms with Gasteiger partial charge in [0.05, 0.1) is 0 Å². The van der Waals surface area contributed by atoms with E-state index in [9.17, 15) is 17.3 Å². The average molecular weight is 299 g/mol. The Balaban J connectivity index is 0.000000383. The Hall–Kier alpha value is -1.82. The largest absolute Gasteiger partial charge is 0.673 e. The molecule has 0 aromatic heterocycles. The van der Waals surface area contributed by atoms with Crippen LogP contribution >= 0.6 is 0 Å². The average Bonchev–Trinajstić information content (AvgIpc) is 2.40. The predicted molar refractivity (Wildman–Crippen MR) is 77.8 cm³/mol. The molecule has 0 aliphatic carbocycles. The molecule has 0 bridgehead atoms. The lowest BCUT2D eigenvalue weighted by atomic mass is 10.1. The van der Waals surface area contributed by atoms with E-state index in [-0.39, 0.29) is 0 Å². The third-order valence-corrected chi connectivity index (χ3v) is 3.05. The number of hydrogen-bond acceptors (Lipinski definition) is 0. The van der Waals surface area contributed by atoms with Crippen molar-refractivity contribution in [1.82, 2.24) is 0 Å². The number of halogens is 4. The van der Waals surface area contributed by atoms with Crippen molar-refractivity contribution in [3.8, 4) is 0 Å². The van der Waals surface area contributed by atoms with Crippen LogP contribution in [0.2, 0.25) is 0 Å². The van der Waals surface area contributed by atoms with E-state index in [2.05, 4.69) is 67.7 Å². The summed E-state index contributed by atoms with van der Waals surface area (Å²) in [6.45, 7) is 5.35. The van der Waals surface area contributed by atoms with Crippen molar-refractivity contribution >= 4 is 12.9 Å². The highest BCUT2D eigenvalue weighted by atomic mass is 19.5. The van der Waals surface area contributed by atoms with Gasteiger partial charge in [-0.3, -0.25) is 0 Å². The van der Waals surface area contributed by atoms with E-state index in [4.69, 9.17) is 0 Å². The fourth-order valence-electron chi connectivity index (χ4n) is 1.84. The van der Waals surface area contributed by atoms with Crippen molar-refractivity contribution in [3.63, 3.8) is 0 Å². The van der Waals surface area contributed by atoms with Crippen molar-refractivity contribution in [1.29, 1.82) is 0 Å². The third-order valence-electron chi connectivity index (χ3n) is 3.05. The van der Waals surface area contributed by atoms with E-state index in [1.807, 2.05) is 0 Å². The lowest BCUT2D eigenvalue weighted by Gasteiger charge is -2.06. The van der Waals surface area contributed by atoms with Crippen LogP contribution in [-0.2, 0) is 6.54 Å². The summed E-state index contributed by atoms with van der Waals surface area (Å²) in [5, 5.41) is 2.30. The molecule has 0 atom stereocenters. The first-order valence-corrected chi connectivity index (χ1v) is 6.58. The second kappa shape index (κ2) is 7.83. The highest BCUT2D eigenvalue weighted by molar-refractivity contribution is 6.50. The van der Waals surface area contributed by atoms with E-state index in [0.29, 0.717) is 0 Å². The van der Waals surface area contributed by atoms with Gasteiger partial charge in [-0.25, -0.2) is 0 Å². The van der Waals surface area contributed by atoms with Crippen LogP contribution in [0.4, 0.5) is 23.0 Å². The Morgan fingerprint density at radius 3 is 2.00 bits per heavy atom. The highest BCUT2D eigenvalue weighted by Gasteiger charge is 2.20. The van der Waals surface area contributed by atoms with Crippen LogP contribution in [0.5, 0.6) is 0 Å². The van der Waals surface area contributed by atoms with Crippen LogP contribution in [0, 0.1) is 13.8 Å². The fraction of sp³-hybridized carbons (Fsp3) is 0.200. The first-order chi connectivity index (χ1) is 9.77. The molecule has 0 fully saturated rings. The first kappa shape index (κ1) is 17.2. The Labute approximate surface area is 122 Å². The summed E-state index contributed by atoms with van der Waals surface area (Å²) >= 11 is 0. The van der Waals surface area contributed by atoms with Crippen LogP contribution in [0.25, 0.3) is 0 Å². The molecule has 114 valence electrons. The number of aryl methyl sites for hydroxylation is 1. The van der Waals surface area contributed by atoms with Gasteiger partial charge in [0.1, 0.15) is 12.2 Å². The molecule has 21 heavy (non-hydrogen) atoms. The maximum atomic E-state index is 9.75. The van der Waals surface area contributed by atoms with Gasteiger partial charge in [0.15, 0.2) is 0 Å². The molecule has 0 spiro atoms. The Morgan fingerprint density at radius 2 is 1.43 bits per heavy atom. The fourth-order valence-corrected chi connectivity index (χ4v) is 1.84. The molecule has 0 aliphatic heterocycles. The summed E-state index contributed by atoms with van der Waals surface area (Å²) in [5.41, 5.74) is 5.47. The van der Waals surface area contributed by atoms with E-state index >= 15 is 0 Å². The summed E-state index contributed by atoms with van der Waals surface area (Å²) < 4.78 is 39.0. The molecule has 1 nitrogen and oxygen atoms in total. The number of benzene rings is 2. The van der Waals surface area contributed by atoms with Crippen molar-refractivity contribution in [2.45, 2.75) is 20.4 Å². The number of nitrogens with two attached hydrogens (primary N) is 1. The van der Waals surface area contributed by atoms with Crippen LogP contribution in [0.3, 0.4) is 0 Å². The summed E-state index contributed by atoms with van der Waals surface area (Å²) in [6.07, 6.45) is 0. The second-order valence-electron chi connectivity index (χ2n) is 4.68. The van der Waals surface area contributed by atoms with Gasteiger partial charge in [-0.2, -0.15) is 0 Å². The molecule has 2 N–H and O–H groups in total. The molecule has 0 aliphatic rings. The van der Waals surface area contributed by atoms with E-state index in [1.165, 1.54) is 22.4 Å². The van der Waals surface area contributed by atoms with Gasteiger partial charge in [-0.15, -0.1) is 0 Å². The lowest BCUT2D eigenvalue weighted by Crippen LogP contribution is -2.76.